The summed E-state index contributed by atoms with van der Waals surface area (Å²) < 4.78 is 30.5. The Bertz CT molecular complexity index is 750. The monoisotopic (exact) mass is 324 g/mol. The first-order chi connectivity index (χ1) is 10.5. The number of imidazole rings is 1. The Kier molecular flexibility index (Phi) is 4.05. The van der Waals surface area contributed by atoms with Gasteiger partial charge in [0.1, 0.15) is 0 Å². The summed E-state index contributed by atoms with van der Waals surface area (Å²) in [5, 5.41) is 9.57. The zero-order valence-corrected chi connectivity index (χ0v) is 13.1. The third-order valence-corrected chi connectivity index (χ3v) is 5.19. The second-order valence-corrected chi connectivity index (χ2v) is 7.67. The van der Waals surface area contributed by atoms with Gasteiger partial charge in [-0.3, -0.25) is 0 Å². The van der Waals surface area contributed by atoms with Gasteiger partial charge in [0.25, 0.3) is 0 Å². The van der Waals surface area contributed by atoms with Gasteiger partial charge < -0.3 is 4.74 Å². The van der Waals surface area contributed by atoms with Crippen LogP contribution in [0.2, 0.25) is 0 Å². The van der Waals surface area contributed by atoms with E-state index in [1.54, 1.807) is 23.0 Å². The lowest BCUT2D eigenvalue weighted by Gasteiger charge is -2.35. The lowest BCUT2D eigenvalue weighted by atomic mass is 9.76. The van der Waals surface area contributed by atoms with Crippen LogP contribution in [-0.2, 0) is 10.0 Å². The Morgan fingerprint density at radius 2 is 2.05 bits per heavy atom. The zero-order chi connectivity index (χ0) is 15.6. The minimum atomic E-state index is -3.53. The average molecular weight is 324 g/mol. The molecular weight excluding hydrogens is 304 g/mol. The highest BCUT2D eigenvalue weighted by atomic mass is 32.2. The molecule has 22 heavy (non-hydrogen) atoms. The summed E-state index contributed by atoms with van der Waals surface area (Å²) in [6.07, 6.45) is 8.18. The summed E-state index contributed by atoms with van der Waals surface area (Å²) >= 11 is 0. The molecule has 8 heteroatoms. The summed E-state index contributed by atoms with van der Waals surface area (Å²) in [7, 11) is -3.53. The molecule has 0 saturated heterocycles. The largest absolute Gasteiger partial charge is 0.476 e. The summed E-state index contributed by atoms with van der Waals surface area (Å²) in [5.41, 5.74) is 0.335. The summed E-state index contributed by atoms with van der Waals surface area (Å²) in [6, 6.07) is 3.56. The Morgan fingerprint density at radius 1 is 1.27 bits per heavy atom. The van der Waals surface area contributed by atoms with Crippen molar-refractivity contribution < 1.29 is 13.2 Å². The number of nitrogens with zero attached hydrogens (tertiary/aromatic N) is 3. The first-order valence-electron chi connectivity index (χ1n) is 7.40. The van der Waals surface area contributed by atoms with E-state index in [-0.39, 0.29) is 5.75 Å². The van der Waals surface area contributed by atoms with E-state index in [9.17, 15) is 8.42 Å². The van der Waals surface area contributed by atoms with E-state index < -0.39 is 15.4 Å². The molecule has 0 aliphatic heterocycles. The van der Waals surface area contributed by atoms with Crippen molar-refractivity contribution >= 4 is 15.7 Å². The quantitative estimate of drug-likeness (QED) is 0.895. The van der Waals surface area contributed by atoms with Crippen molar-refractivity contribution in [1.82, 2.24) is 14.6 Å². The number of ether oxygens (including phenoxy) is 1. The number of primary sulfonamides is 1. The molecule has 2 aromatic rings. The van der Waals surface area contributed by atoms with Crippen molar-refractivity contribution in [3.63, 3.8) is 0 Å². The maximum Gasteiger partial charge on any atom is 0.231 e. The molecule has 3 rings (SSSR count). The molecule has 0 atom stereocenters. The van der Waals surface area contributed by atoms with Crippen LogP contribution in [0.3, 0.4) is 0 Å². The van der Waals surface area contributed by atoms with Crippen LogP contribution in [0.4, 0.5) is 0 Å². The van der Waals surface area contributed by atoms with Gasteiger partial charge in [0.2, 0.25) is 15.9 Å². The standard InChI is InChI=1S/C14H20N4O3S/c15-22(19,20)11-14(6-2-1-3-7-14)10-21-13-5-4-12-16-8-9-18(12)17-13/h4-5,8-9H,1-3,6-7,10-11H2,(H2,15,19,20). The summed E-state index contributed by atoms with van der Waals surface area (Å²) in [5.74, 6) is 0.428. The van der Waals surface area contributed by atoms with E-state index in [0.29, 0.717) is 12.5 Å². The van der Waals surface area contributed by atoms with Gasteiger partial charge in [0, 0.05) is 23.9 Å². The lowest BCUT2D eigenvalue weighted by Crippen LogP contribution is -2.40. The van der Waals surface area contributed by atoms with Gasteiger partial charge in [0.05, 0.1) is 12.4 Å². The number of aromatic nitrogens is 3. The second-order valence-electron chi connectivity index (χ2n) is 6.06. The van der Waals surface area contributed by atoms with E-state index >= 15 is 0 Å². The Morgan fingerprint density at radius 3 is 2.77 bits per heavy atom. The topological polar surface area (TPSA) is 99.6 Å². The molecular formula is C14H20N4O3S. The molecule has 0 aromatic carbocycles. The Labute approximate surface area is 129 Å². The van der Waals surface area contributed by atoms with E-state index in [0.717, 1.165) is 37.8 Å². The predicted molar refractivity (Wildman–Crippen MR) is 82.0 cm³/mol. The smallest absolute Gasteiger partial charge is 0.231 e. The third kappa shape index (κ3) is 3.56. The molecule has 0 spiro atoms. The molecule has 1 aliphatic carbocycles. The molecule has 2 aromatic heterocycles. The summed E-state index contributed by atoms with van der Waals surface area (Å²) in [6.45, 7) is 0.316. The molecule has 0 unspecified atom stereocenters. The van der Waals surface area contributed by atoms with Crippen LogP contribution in [0.1, 0.15) is 32.1 Å². The highest BCUT2D eigenvalue weighted by Crippen LogP contribution is 2.37. The number of fused-ring (bicyclic) bond motifs is 1. The molecule has 2 heterocycles. The first-order valence-corrected chi connectivity index (χ1v) is 9.11. The van der Waals surface area contributed by atoms with Gasteiger partial charge in [-0.05, 0) is 18.9 Å². The molecule has 1 aliphatic rings. The van der Waals surface area contributed by atoms with E-state index in [1.165, 1.54) is 0 Å². The molecule has 1 saturated carbocycles. The molecule has 2 N–H and O–H groups in total. The fourth-order valence-electron chi connectivity index (χ4n) is 3.16. The highest BCUT2D eigenvalue weighted by molar-refractivity contribution is 7.89. The minimum Gasteiger partial charge on any atom is -0.476 e. The van der Waals surface area contributed by atoms with Crippen LogP contribution < -0.4 is 9.88 Å². The molecule has 7 nitrogen and oxygen atoms in total. The Hall–Kier alpha value is -1.67. The number of nitrogens with two attached hydrogens (primary N) is 1. The van der Waals surface area contributed by atoms with Gasteiger partial charge >= 0.3 is 0 Å². The maximum absolute atomic E-state index is 11.6. The van der Waals surface area contributed by atoms with Crippen molar-refractivity contribution in [2.45, 2.75) is 32.1 Å². The van der Waals surface area contributed by atoms with Crippen LogP contribution in [0, 0.1) is 5.41 Å². The van der Waals surface area contributed by atoms with E-state index in [1.807, 2.05) is 6.07 Å². The number of hydrogen-bond donors (Lipinski definition) is 1. The fourth-order valence-corrected chi connectivity index (χ4v) is 4.39. The minimum absolute atomic E-state index is 0.0344. The summed E-state index contributed by atoms with van der Waals surface area (Å²) in [4.78, 5) is 4.12. The van der Waals surface area contributed by atoms with Crippen LogP contribution >= 0.6 is 0 Å². The van der Waals surface area contributed by atoms with Gasteiger partial charge in [-0.2, -0.15) is 0 Å². The molecule has 0 bridgehead atoms. The average Bonchev–Trinajstić information content (AvgIpc) is 2.92. The van der Waals surface area contributed by atoms with Crippen molar-refractivity contribution in [3.8, 4) is 5.88 Å². The van der Waals surface area contributed by atoms with Gasteiger partial charge in [0.15, 0.2) is 5.65 Å². The van der Waals surface area contributed by atoms with Crippen LogP contribution in [-0.4, -0.2) is 35.4 Å². The first kappa shape index (κ1) is 15.2. The van der Waals surface area contributed by atoms with Crippen molar-refractivity contribution in [2.24, 2.45) is 10.6 Å². The number of sulfonamides is 1. The van der Waals surface area contributed by atoms with Crippen molar-refractivity contribution in [1.29, 1.82) is 0 Å². The van der Waals surface area contributed by atoms with Crippen LogP contribution in [0.25, 0.3) is 5.65 Å². The van der Waals surface area contributed by atoms with Crippen LogP contribution in [0.5, 0.6) is 5.88 Å². The van der Waals surface area contributed by atoms with E-state index in [4.69, 9.17) is 9.88 Å². The normalized spacial score (nSPS) is 18.4. The maximum atomic E-state index is 11.6. The Balaban J connectivity index is 1.75. The zero-order valence-electron chi connectivity index (χ0n) is 12.3. The van der Waals surface area contributed by atoms with E-state index in [2.05, 4.69) is 10.1 Å². The van der Waals surface area contributed by atoms with Gasteiger partial charge in [-0.15, -0.1) is 5.10 Å². The highest BCUT2D eigenvalue weighted by Gasteiger charge is 2.36. The second kappa shape index (κ2) is 5.85. The fraction of sp³-hybridized carbons (Fsp3) is 0.571. The number of rotatable bonds is 5. The molecule has 1 fully saturated rings. The number of hydrogen-bond acceptors (Lipinski definition) is 5. The van der Waals surface area contributed by atoms with Crippen molar-refractivity contribution in [2.75, 3.05) is 12.4 Å². The SMILES string of the molecule is NS(=O)(=O)CC1(COc2ccc3nccn3n2)CCCCC1. The molecule has 120 valence electrons. The molecule has 0 radical (unpaired) electrons. The lowest BCUT2D eigenvalue weighted by molar-refractivity contribution is 0.114. The predicted octanol–water partition coefficient (Wildman–Crippen LogP) is 1.35. The molecule has 0 amide bonds. The van der Waals surface area contributed by atoms with Crippen molar-refractivity contribution in [3.05, 3.63) is 24.5 Å². The van der Waals surface area contributed by atoms with Gasteiger partial charge in [-0.25, -0.2) is 23.1 Å². The van der Waals surface area contributed by atoms with Crippen LogP contribution in [0.15, 0.2) is 24.5 Å². The third-order valence-electron chi connectivity index (χ3n) is 4.18. The van der Waals surface area contributed by atoms with Gasteiger partial charge in [-0.1, -0.05) is 19.3 Å².